The van der Waals surface area contributed by atoms with Gasteiger partial charge in [0.2, 0.25) is 5.91 Å². The van der Waals surface area contributed by atoms with E-state index in [2.05, 4.69) is 41.2 Å². The number of amides is 1. The zero-order valence-corrected chi connectivity index (χ0v) is 14.7. The molecule has 0 spiro atoms. The number of nitrogens with zero attached hydrogens (tertiary/aromatic N) is 2. The number of imidazole rings is 1. The van der Waals surface area contributed by atoms with Gasteiger partial charge < -0.3 is 14.6 Å². The molecule has 1 N–H and O–H groups in total. The van der Waals surface area contributed by atoms with E-state index in [0.717, 1.165) is 49.3 Å². The second-order valence-electron chi connectivity index (χ2n) is 7.15. The van der Waals surface area contributed by atoms with E-state index in [1.807, 2.05) is 11.1 Å². The molecule has 132 valence electrons. The van der Waals surface area contributed by atoms with Crippen LogP contribution in [0.3, 0.4) is 0 Å². The highest BCUT2D eigenvalue weighted by atomic mass is 16.5. The molecule has 1 amide bonds. The molecule has 2 fully saturated rings. The number of nitrogens with one attached hydrogen (secondary N) is 1. The van der Waals surface area contributed by atoms with Gasteiger partial charge in [0, 0.05) is 13.2 Å². The van der Waals surface area contributed by atoms with Gasteiger partial charge in [-0.25, -0.2) is 4.98 Å². The number of hydrogen-bond acceptors (Lipinski definition) is 3. The maximum absolute atomic E-state index is 12.9. The second kappa shape index (κ2) is 7.00. The van der Waals surface area contributed by atoms with Gasteiger partial charge in [0.15, 0.2) is 0 Å². The van der Waals surface area contributed by atoms with Crippen molar-refractivity contribution in [2.24, 2.45) is 5.92 Å². The van der Waals surface area contributed by atoms with Crippen LogP contribution in [0, 0.1) is 12.8 Å². The van der Waals surface area contributed by atoms with Crippen LogP contribution in [0.1, 0.15) is 43.1 Å². The number of ether oxygens (including phenoxy) is 1. The molecule has 0 unspecified atom stereocenters. The normalized spacial score (nSPS) is 23.8. The highest BCUT2D eigenvalue weighted by molar-refractivity contribution is 5.79. The quantitative estimate of drug-likeness (QED) is 0.931. The second-order valence-corrected chi connectivity index (χ2v) is 7.15. The van der Waals surface area contributed by atoms with Gasteiger partial charge in [0.05, 0.1) is 30.5 Å². The molecule has 25 heavy (non-hydrogen) atoms. The Hall–Kier alpha value is -2.14. The SMILES string of the molecule is Cc1ccc(-c2cnc([C@H]3CCCCN3C(=O)[C@H]3CCOC3)[nH]2)cc1. The number of rotatable bonds is 3. The molecule has 0 bridgehead atoms. The molecule has 1 aromatic carbocycles. The van der Waals surface area contributed by atoms with Crippen molar-refractivity contribution in [1.82, 2.24) is 14.9 Å². The number of aromatic nitrogens is 2. The minimum absolute atomic E-state index is 0.0205. The predicted octanol–water partition coefficient (Wildman–Crippen LogP) is 3.48. The molecule has 0 aliphatic carbocycles. The van der Waals surface area contributed by atoms with Gasteiger partial charge in [-0.15, -0.1) is 0 Å². The molecule has 5 heteroatoms. The maximum atomic E-state index is 12.9. The van der Waals surface area contributed by atoms with Crippen LogP contribution < -0.4 is 0 Å². The predicted molar refractivity (Wildman–Crippen MR) is 96.0 cm³/mol. The molecule has 4 rings (SSSR count). The van der Waals surface area contributed by atoms with E-state index in [-0.39, 0.29) is 17.9 Å². The van der Waals surface area contributed by atoms with Crippen molar-refractivity contribution in [2.45, 2.75) is 38.6 Å². The highest BCUT2D eigenvalue weighted by Crippen LogP contribution is 2.32. The average molecular weight is 339 g/mol. The van der Waals surface area contributed by atoms with Crippen molar-refractivity contribution in [3.63, 3.8) is 0 Å². The number of aromatic amines is 1. The first-order valence-electron chi connectivity index (χ1n) is 9.22. The number of likely N-dealkylation sites (tertiary alicyclic amines) is 1. The summed E-state index contributed by atoms with van der Waals surface area (Å²) < 4.78 is 5.41. The van der Waals surface area contributed by atoms with Crippen LogP contribution in [0.25, 0.3) is 11.3 Å². The third-order valence-electron chi connectivity index (χ3n) is 5.34. The Labute approximate surface area is 148 Å². The largest absolute Gasteiger partial charge is 0.381 e. The zero-order chi connectivity index (χ0) is 17.2. The first-order valence-corrected chi connectivity index (χ1v) is 9.22. The number of piperidine rings is 1. The average Bonchev–Trinajstić information content (AvgIpc) is 3.34. The molecule has 0 radical (unpaired) electrons. The van der Waals surface area contributed by atoms with Crippen LogP contribution in [0.15, 0.2) is 30.5 Å². The van der Waals surface area contributed by atoms with Gasteiger partial charge in [0.25, 0.3) is 0 Å². The van der Waals surface area contributed by atoms with Gasteiger partial charge in [0.1, 0.15) is 5.82 Å². The number of benzene rings is 1. The number of aryl methyl sites for hydroxylation is 1. The van der Waals surface area contributed by atoms with Gasteiger partial charge >= 0.3 is 0 Å². The van der Waals surface area contributed by atoms with Crippen molar-refractivity contribution in [1.29, 1.82) is 0 Å². The van der Waals surface area contributed by atoms with E-state index < -0.39 is 0 Å². The Morgan fingerprint density at radius 3 is 2.84 bits per heavy atom. The van der Waals surface area contributed by atoms with Crippen molar-refractivity contribution in [2.75, 3.05) is 19.8 Å². The smallest absolute Gasteiger partial charge is 0.228 e. The van der Waals surface area contributed by atoms with E-state index in [1.165, 1.54) is 5.56 Å². The number of H-pyrrole nitrogens is 1. The Bertz CT molecular complexity index is 732. The van der Waals surface area contributed by atoms with Crippen LogP contribution in [-0.2, 0) is 9.53 Å². The Morgan fingerprint density at radius 1 is 1.24 bits per heavy atom. The van der Waals surface area contributed by atoms with E-state index in [0.29, 0.717) is 13.2 Å². The summed E-state index contributed by atoms with van der Waals surface area (Å²) in [4.78, 5) is 23.0. The summed E-state index contributed by atoms with van der Waals surface area (Å²) in [5.74, 6) is 1.16. The summed E-state index contributed by atoms with van der Waals surface area (Å²) in [7, 11) is 0. The molecule has 2 saturated heterocycles. The Kier molecular flexibility index (Phi) is 4.57. The van der Waals surface area contributed by atoms with Crippen molar-refractivity contribution in [3.05, 3.63) is 41.9 Å². The fourth-order valence-electron chi connectivity index (χ4n) is 3.83. The van der Waals surface area contributed by atoms with Crippen LogP contribution >= 0.6 is 0 Å². The van der Waals surface area contributed by atoms with Gasteiger partial charge in [-0.1, -0.05) is 29.8 Å². The van der Waals surface area contributed by atoms with Crippen LogP contribution in [0.5, 0.6) is 0 Å². The Morgan fingerprint density at radius 2 is 2.08 bits per heavy atom. The lowest BCUT2D eigenvalue weighted by Crippen LogP contribution is -2.42. The highest BCUT2D eigenvalue weighted by Gasteiger charge is 2.35. The van der Waals surface area contributed by atoms with Crippen LogP contribution in [-0.4, -0.2) is 40.5 Å². The minimum atomic E-state index is 0.0205. The van der Waals surface area contributed by atoms with E-state index in [1.54, 1.807) is 0 Å². The summed E-state index contributed by atoms with van der Waals surface area (Å²) in [6.07, 6.45) is 5.91. The van der Waals surface area contributed by atoms with Crippen molar-refractivity contribution < 1.29 is 9.53 Å². The summed E-state index contributed by atoms with van der Waals surface area (Å²) in [6, 6.07) is 8.47. The minimum Gasteiger partial charge on any atom is -0.381 e. The lowest BCUT2D eigenvalue weighted by Gasteiger charge is -2.36. The van der Waals surface area contributed by atoms with E-state index >= 15 is 0 Å². The fraction of sp³-hybridized carbons (Fsp3) is 0.500. The molecule has 1 aromatic heterocycles. The van der Waals surface area contributed by atoms with E-state index in [9.17, 15) is 4.79 Å². The molecule has 5 nitrogen and oxygen atoms in total. The van der Waals surface area contributed by atoms with Crippen LogP contribution in [0.4, 0.5) is 0 Å². The van der Waals surface area contributed by atoms with Crippen molar-refractivity contribution >= 4 is 5.91 Å². The van der Waals surface area contributed by atoms with Crippen LogP contribution in [0.2, 0.25) is 0 Å². The topological polar surface area (TPSA) is 58.2 Å². The number of carbonyl (C=O) groups is 1. The maximum Gasteiger partial charge on any atom is 0.228 e. The van der Waals surface area contributed by atoms with Gasteiger partial charge in [-0.2, -0.15) is 0 Å². The standard InChI is InChI=1S/C20H25N3O2/c1-14-5-7-15(8-6-14)17-12-21-19(22-17)18-4-2-3-10-23(18)20(24)16-9-11-25-13-16/h5-8,12,16,18H,2-4,9-11,13H2,1H3,(H,21,22)/t16-,18+/m0/s1. The molecule has 0 saturated carbocycles. The summed E-state index contributed by atoms with van der Waals surface area (Å²) >= 11 is 0. The van der Waals surface area contributed by atoms with E-state index in [4.69, 9.17) is 4.74 Å². The summed E-state index contributed by atoms with van der Waals surface area (Å²) in [6.45, 7) is 4.17. The molecular formula is C20H25N3O2. The lowest BCUT2D eigenvalue weighted by atomic mass is 9.98. The third kappa shape index (κ3) is 3.33. The van der Waals surface area contributed by atoms with Gasteiger partial charge in [-0.05, 0) is 38.2 Å². The first-order chi connectivity index (χ1) is 12.2. The molecule has 2 aliphatic rings. The molecule has 2 aliphatic heterocycles. The summed E-state index contributed by atoms with van der Waals surface area (Å²) in [5.41, 5.74) is 3.38. The summed E-state index contributed by atoms with van der Waals surface area (Å²) in [5, 5.41) is 0. The monoisotopic (exact) mass is 339 g/mol. The molecule has 2 aromatic rings. The lowest BCUT2D eigenvalue weighted by molar-refractivity contribution is -0.139. The Balaban J connectivity index is 1.56. The molecule has 3 heterocycles. The first kappa shape index (κ1) is 16.3. The number of carbonyl (C=O) groups excluding carboxylic acids is 1. The van der Waals surface area contributed by atoms with Crippen molar-refractivity contribution in [3.8, 4) is 11.3 Å². The molecule has 2 atom stereocenters. The van der Waals surface area contributed by atoms with Gasteiger partial charge in [-0.3, -0.25) is 4.79 Å². The zero-order valence-electron chi connectivity index (χ0n) is 14.7. The fourth-order valence-corrected chi connectivity index (χ4v) is 3.83. The number of hydrogen-bond donors (Lipinski definition) is 1. The third-order valence-corrected chi connectivity index (χ3v) is 5.34. The molecular weight excluding hydrogens is 314 g/mol.